The first-order chi connectivity index (χ1) is 13.2. The van der Waals surface area contributed by atoms with E-state index in [1.54, 1.807) is 23.2 Å². The van der Waals surface area contributed by atoms with Crippen molar-refractivity contribution in [3.8, 4) is 0 Å². The number of hydrogen-bond acceptors (Lipinski definition) is 4. The molecule has 0 radical (unpaired) electrons. The largest absolute Gasteiger partial charge is 0.357 e. The van der Waals surface area contributed by atoms with Crippen LogP contribution in [-0.4, -0.2) is 36.4 Å². The fourth-order valence-electron chi connectivity index (χ4n) is 3.71. The Bertz CT molecular complexity index is 846. The maximum Gasteiger partial charge on any atom is 0.251 e. The van der Waals surface area contributed by atoms with Crippen LogP contribution in [0.3, 0.4) is 0 Å². The summed E-state index contributed by atoms with van der Waals surface area (Å²) in [4.78, 5) is 33.0. The minimum Gasteiger partial charge on any atom is -0.357 e. The second-order valence-electron chi connectivity index (χ2n) is 7.10. The van der Waals surface area contributed by atoms with Crippen LogP contribution in [-0.2, 0) is 11.3 Å². The quantitative estimate of drug-likeness (QED) is 0.886. The molecule has 6 nitrogen and oxygen atoms in total. The summed E-state index contributed by atoms with van der Waals surface area (Å²) in [6, 6.07) is 11.3. The van der Waals surface area contributed by atoms with Crippen LogP contribution in [0.25, 0.3) is 0 Å². The van der Waals surface area contributed by atoms with Gasteiger partial charge < -0.3 is 15.1 Å². The van der Waals surface area contributed by atoms with E-state index in [2.05, 4.69) is 15.2 Å². The lowest BCUT2D eigenvalue weighted by atomic mass is 10.1. The highest BCUT2D eigenvalue weighted by molar-refractivity contribution is 5.99. The normalized spacial score (nSPS) is 16.8. The topological polar surface area (TPSA) is 65.5 Å². The lowest BCUT2D eigenvalue weighted by molar-refractivity contribution is -0.117. The lowest BCUT2D eigenvalue weighted by Crippen LogP contribution is -2.26. The van der Waals surface area contributed by atoms with Gasteiger partial charge in [0.05, 0.1) is 0 Å². The average Bonchev–Trinajstić information content (AvgIpc) is 3.38. The summed E-state index contributed by atoms with van der Waals surface area (Å²) in [5.74, 6) is 0.968. The summed E-state index contributed by atoms with van der Waals surface area (Å²) in [5.41, 5.74) is 2.40. The van der Waals surface area contributed by atoms with Gasteiger partial charge in [0.25, 0.3) is 5.91 Å². The van der Waals surface area contributed by atoms with E-state index in [4.69, 9.17) is 0 Å². The number of anilines is 2. The van der Waals surface area contributed by atoms with Crippen LogP contribution in [0.2, 0.25) is 0 Å². The second kappa shape index (κ2) is 7.78. The van der Waals surface area contributed by atoms with Gasteiger partial charge in [0.15, 0.2) is 0 Å². The predicted molar refractivity (Wildman–Crippen MR) is 105 cm³/mol. The van der Waals surface area contributed by atoms with Crippen molar-refractivity contribution in [2.75, 3.05) is 29.4 Å². The van der Waals surface area contributed by atoms with Crippen LogP contribution in [0.5, 0.6) is 0 Å². The van der Waals surface area contributed by atoms with Gasteiger partial charge in [-0.25, -0.2) is 4.98 Å². The maximum absolute atomic E-state index is 12.6. The van der Waals surface area contributed by atoms with Crippen LogP contribution >= 0.6 is 0 Å². The first-order valence-corrected chi connectivity index (χ1v) is 9.59. The van der Waals surface area contributed by atoms with Crippen molar-refractivity contribution >= 4 is 23.3 Å². The smallest absolute Gasteiger partial charge is 0.251 e. The van der Waals surface area contributed by atoms with Crippen molar-refractivity contribution in [3.63, 3.8) is 0 Å². The Morgan fingerprint density at radius 3 is 2.70 bits per heavy atom. The van der Waals surface area contributed by atoms with Gasteiger partial charge in [0.2, 0.25) is 5.91 Å². The van der Waals surface area contributed by atoms with Gasteiger partial charge in [-0.05, 0) is 55.2 Å². The molecular formula is C21H24N4O2. The van der Waals surface area contributed by atoms with Crippen LogP contribution in [0.1, 0.15) is 41.6 Å². The Morgan fingerprint density at radius 2 is 1.93 bits per heavy atom. The van der Waals surface area contributed by atoms with Crippen molar-refractivity contribution in [2.24, 2.45) is 0 Å². The van der Waals surface area contributed by atoms with Crippen molar-refractivity contribution in [3.05, 3.63) is 53.7 Å². The Labute approximate surface area is 159 Å². The van der Waals surface area contributed by atoms with Crippen LogP contribution in [0.4, 0.5) is 11.5 Å². The van der Waals surface area contributed by atoms with Gasteiger partial charge in [-0.3, -0.25) is 9.59 Å². The summed E-state index contributed by atoms with van der Waals surface area (Å²) >= 11 is 0. The minimum atomic E-state index is -0.136. The van der Waals surface area contributed by atoms with E-state index in [1.165, 1.54) is 12.8 Å². The number of hydrogen-bond donors (Lipinski definition) is 1. The summed E-state index contributed by atoms with van der Waals surface area (Å²) in [6.07, 6.45) is 5.67. The second-order valence-corrected chi connectivity index (χ2v) is 7.10. The van der Waals surface area contributed by atoms with Crippen LogP contribution < -0.4 is 15.1 Å². The van der Waals surface area contributed by atoms with E-state index < -0.39 is 0 Å². The molecular weight excluding hydrogens is 340 g/mol. The fourth-order valence-corrected chi connectivity index (χ4v) is 3.71. The highest BCUT2D eigenvalue weighted by atomic mass is 16.2. The number of pyridine rings is 1. The van der Waals surface area contributed by atoms with E-state index in [-0.39, 0.29) is 11.8 Å². The standard InChI is InChI=1S/C21H24N4O2/c26-20-7-4-12-25(20)18-6-3-5-17(14-18)21(27)23-15-16-8-9-22-19(13-16)24-10-1-2-11-24/h3,5-6,8-9,13-14H,1-2,4,7,10-12,15H2,(H,23,27). The zero-order chi connectivity index (χ0) is 18.6. The molecule has 140 valence electrons. The minimum absolute atomic E-state index is 0.124. The molecule has 1 aromatic carbocycles. The molecule has 6 heteroatoms. The molecule has 2 aromatic rings. The molecule has 4 rings (SSSR count). The molecule has 2 aliphatic rings. The zero-order valence-electron chi connectivity index (χ0n) is 15.4. The molecule has 2 aliphatic heterocycles. The van der Waals surface area contributed by atoms with E-state index >= 15 is 0 Å². The van der Waals surface area contributed by atoms with Gasteiger partial charge in [-0.15, -0.1) is 0 Å². The Morgan fingerprint density at radius 1 is 1.07 bits per heavy atom. The van der Waals surface area contributed by atoms with E-state index in [1.807, 2.05) is 24.3 Å². The number of rotatable bonds is 5. The first-order valence-electron chi connectivity index (χ1n) is 9.59. The summed E-state index contributed by atoms with van der Waals surface area (Å²) in [6.45, 7) is 3.27. The zero-order valence-corrected chi connectivity index (χ0v) is 15.4. The molecule has 2 amide bonds. The fraction of sp³-hybridized carbons (Fsp3) is 0.381. The molecule has 0 saturated carbocycles. The van der Waals surface area contributed by atoms with Crippen molar-refractivity contribution in [1.29, 1.82) is 0 Å². The monoisotopic (exact) mass is 364 g/mol. The van der Waals surface area contributed by atoms with Gasteiger partial charge in [-0.2, -0.15) is 0 Å². The molecule has 0 unspecified atom stereocenters. The number of benzene rings is 1. The highest BCUT2D eigenvalue weighted by Gasteiger charge is 2.22. The first kappa shape index (κ1) is 17.5. The Balaban J connectivity index is 1.41. The van der Waals surface area contributed by atoms with Crippen molar-refractivity contribution in [1.82, 2.24) is 10.3 Å². The number of nitrogens with zero attached hydrogens (tertiary/aromatic N) is 3. The summed E-state index contributed by atoms with van der Waals surface area (Å²) < 4.78 is 0. The molecule has 0 spiro atoms. The third-order valence-electron chi connectivity index (χ3n) is 5.19. The van der Waals surface area contributed by atoms with Gasteiger partial charge in [0.1, 0.15) is 5.82 Å². The molecule has 1 N–H and O–H groups in total. The number of carbonyl (C=O) groups is 2. The predicted octanol–water partition coefficient (Wildman–Crippen LogP) is 2.74. The number of nitrogens with one attached hydrogen (secondary N) is 1. The maximum atomic E-state index is 12.6. The Kier molecular flexibility index (Phi) is 5.05. The number of carbonyl (C=O) groups excluding carboxylic acids is 2. The molecule has 0 bridgehead atoms. The van der Waals surface area contributed by atoms with Crippen molar-refractivity contribution < 1.29 is 9.59 Å². The molecule has 2 saturated heterocycles. The summed E-state index contributed by atoms with van der Waals surface area (Å²) in [5, 5.41) is 2.97. The van der Waals surface area contributed by atoms with Gasteiger partial charge >= 0.3 is 0 Å². The summed E-state index contributed by atoms with van der Waals surface area (Å²) in [7, 11) is 0. The van der Waals surface area contributed by atoms with Gasteiger partial charge in [-0.1, -0.05) is 6.07 Å². The van der Waals surface area contributed by atoms with Gasteiger partial charge in [0, 0.05) is 50.0 Å². The molecule has 2 fully saturated rings. The third-order valence-corrected chi connectivity index (χ3v) is 5.19. The number of amides is 2. The van der Waals surface area contributed by atoms with Crippen LogP contribution in [0, 0.1) is 0 Å². The number of aromatic nitrogens is 1. The third kappa shape index (κ3) is 3.94. The highest BCUT2D eigenvalue weighted by Crippen LogP contribution is 2.22. The molecule has 1 aromatic heterocycles. The molecule has 27 heavy (non-hydrogen) atoms. The SMILES string of the molecule is O=C(NCc1ccnc(N2CCCC2)c1)c1cccc(N2CCCC2=O)c1. The Hall–Kier alpha value is -2.89. The van der Waals surface area contributed by atoms with E-state index in [0.29, 0.717) is 18.5 Å². The van der Waals surface area contributed by atoms with E-state index in [9.17, 15) is 9.59 Å². The lowest BCUT2D eigenvalue weighted by Gasteiger charge is -2.17. The molecule has 0 aliphatic carbocycles. The van der Waals surface area contributed by atoms with E-state index in [0.717, 1.165) is 43.1 Å². The molecule has 3 heterocycles. The average molecular weight is 364 g/mol. The van der Waals surface area contributed by atoms with Crippen molar-refractivity contribution in [2.45, 2.75) is 32.2 Å². The molecule has 0 atom stereocenters. The van der Waals surface area contributed by atoms with Crippen LogP contribution in [0.15, 0.2) is 42.6 Å².